The van der Waals surface area contributed by atoms with E-state index in [1.54, 1.807) is 6.07 Å². The fourth-order valence-electron chi connectivity index (χ4n) is 2.80. The second-order valence-corrected chi connectivity index (χ2v) is 6.82. The van der Waals surface area contributed by atoms with Crippen LogP contribution in [0.25, 0.3) is 0 Å². The topological polar surface area (TPSA) is 74.1 Å². The van der Waals surface area contributed by atoms with Crippen molar-refractivity contribution < 1.29 is 8.42 Å². The molecule has 2 rings (SSSR count). The normalized spacial score (nSPS) is 17.1. The molecule has 0 aromatic carbocycles. The maximum Gasteiger partial charge on any atom is 0.246 e. The van der Waals surface area contributed by atoms with Crippen molar-refractivity contribution in [1.29, 1.82) is 5.26 Å². The van der Waals surface area contributed by atoms with Crippen LogP contribution < -0.4 is 0 Å². The summed E-state index contributed by atoms with van der Waals surface area (Å²) in [6.07, 6.45) is 6.53. The number of rotatable bonds is 4. The van der Waals surface area contributed by atoms with Gasteiger partial charge < -0.3 is 0 Å². The van der Waals surface area contributed by atoms with Crippen LogP contribution in [0.5, 0.6) is 0 Å². The van der Waals surface area contributed by atoms with Gasteiger partial charge in [0, 0.05) is 18.8 Å². The van der Waals surface area contributed by atoms with Gasteiger partial charge in [-0.3, -0.25) is 0 Å². The van der Waals surface area contributed by atoms with Gasteiger partial charge in [0.2, 0.25) is 10.0 Å². The first kappa shape index (κ1) is 14.9. The molecule has 0 aliphatic heterocycles. The molecule has 1 heterocycles. The zero-order valence-corrected chi connectivity index (χ0v) is 12.4. The number of pyridine rings is 1. The third-order valence-electron chi connectivity index (χ3n) is 3.76. The van der Waals surface area contributed by atoms with Crippen LogP contribution in [0.4, 0.5) is 0 Å². The minimum Gasteiger partial charge on any atom is -0.244 e. The third-order valence-corrected chi connectivity index (χ3v) is 5.82. The van der Waals surface area contributed by atoms with Gasteiger partial charge in [-0.1, -0.05) is 26.2 Å². The van der Waals surface area contributed by atoms with Crippen LogP contribution in [0.3, 0.4) is 0 Å². The number of sulfonamides is 1. The summed E-state index contributed by atoms with van der Waals surface area (Å²) in [5.74, 6) is 0. The highest BCUT2D eigenvalue weighted by atomic mass is 32.2. The molecule has 1 aromatic rings. The largest absolute Gasteiger partial charge is 0.246 e. The van der Waals surface area contributed by atoms with Crippen LogP contribution in [0.2, 0.25) is 0 Å². The van der Waals surface area contributed by atoms with E-state index in [-0.39, 0.29) is 16.6 Å². The second kappa shape index (κ2) is 6.33. The van der Waals surface area contributed by atoms with E-state index in [2.05, 4.69) is 4.98 Å². The van der Waals surface area contributed by atoms with Crippen LogP contribution >= 0.6 is 0 Å². The minimum atomic E-state index is -3.65. The number of nitriles is 1. The van der Waals surface area contributed by atoms with Gasteiger partial charge >= 0.3 is 0 Å². The average Bonchev–Trinajstić information content (AvgIpc) is 2.48. The van der Waals surface area contributed by atoms with Crippen molar-refractivity contribution in [2.45, 2.75) is 50.0 Å². The van der Waals surface area contributed by atoms with Gasteiger partial charge in [-0.05, 0) is 25.0 Å². The lowest BCUT2D eigenvalue weighted by atomic mass is 9.95. The van der Waals surface area contributed by atoms with Crippen molar-refractivity contribution >= 4 is 10.0 Å². The van der Waals surface area contributed by atoms with E-state index < -0.39 is 10.0 Å². The molecule has 20 heavy (non-hydrogen) atoms. The maximum atomic E-state index is 12.8. The van der Waals surface area contributed by atoms with E-state index in [1.807, 2.05) is 13.0 Å². The van der Waals surface area contributed by atoms with Crippen molar-refractivity contribution in [2.24, 2.45) is 0 Å². The van der Waals surface area contributed by atoms with E-state index >= 15 is 0 Å². The standard InChI is InChI=1S/C14H19N3O2S/c1-2-17(12-7-4-3-5-8-12)20(18,19)14-9-6-10-16-13(14)11-15/h6,9-10,12H,2-5,7-8H2,1H3. The van der Waals surface area contributed by atoms with Crippen molar-refractivity contribution in [3.8, 4) is 6.07 Å². The molecule has 0 spiro atoms. The Balaban J connectivity index is 2.39. The van der Waals surface area contributed by atoms with Gasteiger partial charge in [-0.15, -0.1) is 0 Å². The van der Waals surface area contributed by atoms with Crippen LogP contribution in [-0.4, -0.2) is 30.3 Å². The Hall–Kier alpha value is -1.45. The molecule has 108 valence electrons. The molecule has 1 aliphatic rings. The van der Waals surface area contributed by atoms with Gasteiger partial charge in [0.25, 0.3) is 0 Å². The molecule has 1 fully saturated rings. The Kier molecular flexibility index (Phi) is 4.73. The predicted octanol–water partition coefficient (Wildman–Crippen LogP) is 2.30. The lowest BCUT2D eigenvalue weighted by Crippen LogP contribution is -2.41. The molecule has 1 aromatic heterocycles. The molecular formula is C14H19N3O2S. The van der Waals surface area contributed by atoms with Crippen LogP contribution in [0.1, 0.15) is 44.7 Å². The minimum absolute atomic E-state index is 0.0231. The molecule has 0 bridgehead atoms. The van der Waals surface area contributed by atoms with Crippen LogP contribution in [0.15, 0.2) is 23.2 Å². The number of hydrogen-bond acceptors (Lipinski definition) is 4. The maximum absolute atomic E-state index is 12.8. The lowest BCUT2D eigenvalue weighted by molar-refractivity contribution is 0.261. The summed E-state index contributed by atoms with van der Waals surface area (Å²) in [6, 6.07) is 4.94. The molecule has 0 atom stereocenters. The molecule has 5 nitrogen and oxygen atoms in total. The Morgan fingerprint density at radius 2 is 2.10 bits per heavy atom. The molecule has 1 saturated carbocycles. The summed E-state index contributed by atoms with van der Waals surface area (Å²) >= 11 is 0. The van der Waals surface area contributed by atoms with Crippen LogP contribution in [0, 0.1) is 11.3 Å². The Morgan fingerprint density at radius 3 is 2.70 bits per heavy atom. The summed E-state index contributed by atoms with van der Waals surface area (Å²) in [7, 11) is -3.65. The van der Waals surface area contributed by atoms with Crippen molar-refractivity contribution in [3.63, 3.8) is 0 Å². The zero-order valence-electron chi connectivity index (χ0n) is 11.6. The van der Waals surface area contributed by atoms with Crippen LogP contribution in [-0.2, 0) is 10.0 Å². The second-order valence-electron chi connectivity index (χ2n) is 4.96. The van der Waals surface area contributed by atoms with E-state index in [1.165, 1.54) is 23.0 Å². The van der Waals surface area contributed by atoms with E-state index in [0.717, 1.165) is 25.7 Å². The van der Waals surface area contributed by atoms with Gasteiger partial charge in [0.1, 0.15) is 11.0 Å². The lowest BCUT2D eigenvalue weighted by Gasteiger charge is -2.32. The molecule has 0 amide bonds. The number of hydrogen-bond donors (Lipinski definition) is 0. The summed E-state index contributed by atoms with van der Waals surface area (Å²) in [4.78, 5) is 3.88. The van der Waals surface area contributed by atoms with Gasteiger partial charge in [-0.2, -0.15) is 9.57 Å². The fourth-order valence-corrected chi connectivity index (χ4v) is 4.59. The Morgan fingerprint density at radius 1 is 1.40 bits per heavy atom. The predicted molar refractivity (Wildman–Crippen MR) is 75.4 cm³/mol. The number of aromatic nitrogens is 1. The van der Waals surface area contributed by atoms with Gasteiger partial charge in [-0.25, -0.2) is 13.4 Å². The van der Waals surface area contributed by atoms with Gasteiger partial charge in [0.15, 0.2) is 5.69 Å². The molecule has 6 heteroatoms. The molecule has 0 saturated heterocycles. The van der Waals surface area contributed by atoms with E-state index in [0.29, 0.717) is 6.54 Å². The molecule has 0 radical (unpaired) electrons. The SMILES string of the molecule is CCN(C1CCCCC1)S(=O)(=O)c1cccnc1C#N. The third kappa shape index (κ3) is 2.84. The monoisotopic (exact) mass is 293 g/mol. The number of nitrogens with zero attached hydrogens (tertiary/aromatic N) is 3. The molecule has 0 N–H and O–H groups in total. The van der Waals surface area contributed by atoms with E-state index in [4.69, 9.17) is 5.26 Å². The first-order valence-corrected chi connectivity index (χ1v) is 8.42. The Bertz CT molecular complexity index is 601. The van der Waals surface area contributed by atoms with Crippen molar-refractivity contribution in [1.82, 2.24) is 9.29 Å². The summed E-state index contributed by atoms with van der Waals surface area (Å²) < 4.78 is 27.1. The van der Waals surface area contributed by atoms with Crippen molar-refractivity contribution in [3.05, 3.63) is 24.0 Å². The Labute approximate surface area is 120 Å². The highest BCUT2D eigenvalue weighted by molar-refractivity contribution is 7.89. The highest BCUT2D eigenvalue weighted by Crippen LogP contribution is 2.28. The first-order valence-electron chi connectivity index (χ1n) is 6.98. The van der Waals surface area contributed by atoms with Crippen molar-refractivity contribution in [2.75, 3.05) is 6.54 Å². The van der Waals surface area contributed by atoms with E-state index in [9.17, 15) is 8.42 Å². The zero-order chi connectivity index (χ0) is 14.6. The summed E-state index contributed by atoms with van der Waals surface area (Å²) in [6.45, 7) is 2.27. The summed E-state index contributed by atoms with van der Waals surface area (Å²) in [5, 5.41) is 9.05. The quantitative estimate of drug-likeness (QED) is 0.853. The summed E-state index contributed by atoms with van der Waals surface area (Å²) in [5.41, 5.74) is -0.0261. The smallest absolute Gasteiger partial charge is 0.244 e. The molecule has 0 unspecified atom stereocenters. The fraction of sp³-hybridized carbons (Fsp3) is 0.571. The van der Waals surface area contributed by atoms with Gasteiger partial charge in [0.05, 0.1) is 0 Å². The highest BCUT2D eigenvalue weighted by Gasteiger charge is 2.32. The first-order chi connectivity index (χ1) is 9.61. The average molecular weight is 293 g/mol. The molecular weight excluding hydrogens is 274 g/mol. The molecule has 1 aliphatic carbocycles.